The Bertz CT molecular complexity index is 449. The van der Waals surface area contributed by atoms with Crippen LogP contribution < -0.4 is 4.74 Å². The van der Waals surface area contributed by atoms with Gasteiger partial charge in [0, 0.05) is 0 Å². The Morgan fingerprint density at radius 3 is 2.42 bits per heavy atom. The predicted octanol–water partition coefficient (Wildman–Crippen LogP) is 3.28. The minimum Gasteiger partial charge on any atom is -0.497 e. The fourth-order valence-electron chi connectivity index (χ4n) is 4.14. The molecular formula is C17H24O2. The summed E-state index contributed by atoms with van der Waals surface area (Å²) in [6.07, 6.45) is 3.28. The van der Waals surface area contributed by atoms with Crippen LogP contribution in [0.5, 0.6) is 5.75 Å². The van der Waals surface area contributed by atoms with E-state index in [0.717, 1.165) is 18.1 Å². The molecule has 0 heterocycles. The summed E-state index contributed by atoms with van der Waals surface area (Å²) in [5, 5.41) is 10.5. The van der Waals surface area contributed by atoms with Gasteiger partial charge in [0.25, 0.3) is 0 Å². The Balaban J connectivity index is 1.68. The molecule has 3 aliphatic rings. The first-order valence-corrected chi connectivity index (χ1v) is 7.33. The molecule has 0 aromatic heterocycles. The lowest BCUT2D eigenvalue weighted by atomic mass is 9.45. The van der Waals surface area contributed by atoms with Crippen molar-refractivity contribution < 1.29 is 9.84 Å². The monoisotopic (exact) mass is 260 g/mol. The van der Waals surface area contributed by atoms with E-state index in [1.807, 2.05) is 12.1 Å². The number of methoxy groups -OCH3 is 1. The van der Waals surface area contributed by atoms with E-state index >= 15 is 0 Å². The van der Waals surface area contributed by atoms with Gasteiger partial charge in [-0.15, -0.1) is 0 Å². The highest BCUT2D eigenvalue weighted by atomic mass is 16.5. The second-order valence-electron chi connectivity index (χ2n) is 6.90. The fraction of sp³-hybridized carbons (Fsp3) is 0.647. The number of aliphatic hydroxyl groups excluding tert-OH is 1. The van der Waals surface area contributed by atoms with Crippen LogP contribution in [0.4, 0.5) is 0 Å². The molecule has 1 aromatic carbocycles. The largest absolute Gasteiger partial charge is 0.497 e. The number of rotatable bonds is 3. The molecule has 2 heteroatoms. The van der Waals surface area contributed by atoms with Gasteiger partial charge in [-0.3, -0.25) is 0 Å². The highest BCUT2D eigenvalue weighted by Crippen LogP contribution is 2.60. The lowest BCUT2D eigenvalue weighted by Gasteiger charge is -2.61. The average molecular weight is 260 g/mol. The molecule has 1 N–H and O–H groups in total. The summed E-state index contributed by atoms with van der Waals surface area (Å²) < 4.78 is 5.18. The molecule has 3 fully saturated rings. The summed E-state index contributed by atoms with van der Waals surface area (Å²) in [5.74, 6) is 2.65. The Morgan fingerprint density at radius 1 is 1.21 bits per heavy atom. The molecule has 0 amide bonds. The standard InChI is InChI=1S/C17H24O2/c1-17(2)13-9-12(16(18)15(17)10-13)8-11-4-6-14(19-3)7-5-11/h4-7,12-13,15-16,18H,8-10H2,1-3H3/t12-,13-,15-,16+/m0/s1. The van der Waals surface area contributed by atoms with Crippen LogP contribution in [0.2, 0.25) is 0 Å². The summed E-state index contributed by atoms with van der Waals surface area (Å²) in [7, 11) is 1.69. The molecule has 1 aromatic rings. The van der Waals surface area contributed by atoms with Crippen molar-refractivity contribution in [1.29, 1.82) is 0 Å². The highest BCUT2D eigenvalue weighted by molar-refractivity contribution is 5.27. The van der Waals surface area contributed by atoms with Crippen LogP contribution in [-0.4, -0.2) is 18.3 Å². The molecule has 3 aliphatic carbocycles. The van der Waals surface area contributed by atoms with Gasteiger partial charge in [0.15, 0.2) is 0 Å². The maximum atomic E-state index is 10.5. The number of fused-ring (bicyclic) bond motifs is 2. The maximum absolute atomic E-state index is 10.5. The summed E-state index contributed by atoms with van der Waals surface area (Å²) in [6, 6.07) is 8.26. The normalized spacial score (nSPS) is 35.6. The number of hydrogen-bond donors (Lipinski definition) is 1. The Kier molecular flexibility index (Phi) is 3.09. The van der Waals surface area contributed by atoms with Gasteiger partial charge in [0.05, 0.1) is 13.2 Å². The molecule has 0 aliphatic heterocycles. The molecule has 3 saturated carbocycles. The van der Waals surface area contributed by atoms with Crippen molar-refractivity contribution >= 4 is 0 Å². The van der Waals surface area contributed by atoms with Gasteiger partial charge >= 0.3 is 0 Å². The van der Waals surface area contributed by atoms with Crippen LogP contribution in [0.3, 0.4) is 0 Å². The molecule has 2 bridgehead atoms. The second-order valence-corrected chi connectivity index (χ2v) is 6.90. The smallest absolute Gasteiger partial charge is 0.118 e. The molecule has 0 unspecified atom stereocenters. The molecule has 4 atom stereocenters. The molecule has 0 radical (unpaired) electrons. The van der Waals surface area contributed by atoms with Gasteiger partial charge in [-0.05, 0) is 60.1 Å². The first kappa shape index (κ1) is 13.0. The lowest BCUT2D eigenvalue weighted by Crippen LogP contribution is -2.58. The molecule has 0 spiro atoms. The van der Waals surface area contributed by atoms with Crippen molar-refractivity contribution in [2.24, 2.45) is 23.2 Å². The summed E-state index contributed by atoms with van der Waals surface area (Å²) >= 11 is 0. The Hall–Kier alpha value is -1.02. The number of ether oxygens (including phenoxy) is 1. The minimum absolute atomic E-state index is 0.123. The SMILES string of the molecule is COc1ccc(C[C@H]2C[C@H]3C[C@@H]([C@@H]2O)C3(C)C)cc1. The Labute approximate surface area is 115 Å². The van der Waals surface area contributed by atoms with Crippen molar-refractivity contribution in [3.63, 3.8) is 0 Å². The zero-order valence-corrected chi connectivity index (χ0v) is 12.1. The van der Waals surface area contributed by atoms with Gasteiger partial charge in [0.2, 0.25) is 0 Å². The lowest BCUT2D eigenvalue weighted by molar-refractivity contribution is -0.169. The van der Waals surface area contributed by atoms with Crippen molar-refractivity contribution in [2.45, 2.75) is 39.2 Å². The van der Waals surface area contributed by atoms with E-state index in [1.165, 1.54) is 18.4 Å². The molecule has 104 valence electrons. The van der Waals surface area contributed by atoms with Gasteiger partial charge in [-0.1, -0.05) is 26.0 Å². The van der Waals surface area contributed by atoms with Crippen LogP contribution in [0.1, 0.15) is 32.3 Å². The molecule has 0 saturated heterocycles. The van der Waals surface area contributed by atoms with Crippen LogP contribution in [-0.2, 0) is 6.42 Å². The number of hydrogen-bond acceptors (Lipinski definition) is 2. The van der Waals surface area contributed by atoms with Gasteiger partial charge in [-0.25, -0.2) is 0 Å². The maximum Gasteiger partial charge on any atom is 0.118 e. The van der Waals surface area contributed by atoms with E-state index in [0.29, 0.717) is 17.3 Å². The topological polar surface area (TPSA) is 29.5 Å². The summed E-state index contributed by atoms with van der Waals surface area (Å²) in [5.41, 5.74) is 1.67. The molecular weight excluding hydrogens is 236 g/mol. The first-order chi connectivity index (χ1) is 9.02. The van der Waals surface area contributed by atoms with Crippen LogP contribution >= 0.6 is 0 Å². The number of aliphatic hydroxyl groups is 1. The van der Waals surface area contributed by atoms with Crippen molar-refractivity contribution in [2.75, 3.05) is 7.11 Å². The average Bonchev–Trinajstić information content (AvgIpc) is 2.41. The van der Waals surface area contributed by atoms with Gasteiger partial charge < -0.3 is 9.84 Å². The molecule has 2 nitrogen and oxygen atoms in total. The predicted molar refractivity (Wildman–Crippen MR) is 76.2 cm³/mol. The highest BCUT2D eigenvalue weighted by Gasteiger charge is 2.57. The quantitative estimate of drug-likeness (QED) is 0.903. The first-order valence-electron chi connectivity index (χ1n) is 7.33. The van der Waals surface area contributed by atoms with E-state index in [9.17, 15) is 5.11 Å². The summed E-state index contributed by atoms with van der Waals surface area (Å²) in [6.45, 7) is 4.64. The second kappa shape index (κ2) is 4.52. The van der Waals surface area contributed by atoms with E-state index in [1.54, 1.807) is 7.11 Å². The molecule has 19 heavy (non-hydrogen) atoms. The third-order valence-electron chi connectivity index (χ3n) is 5.69. The third kappa shape index (κ3) is 2.06. The zero-order chi connectivity index (χ0) is 13.6. The van der Waals surface area contributed by atoms with E-state index < -0.39 is 0 Å². The third-order valence-corrected chi connectivity index (χ3v) is 5.69. The van der Waals surface area contributed by atoms with Crippen molar-refractivity contribution in [3.05, 3.63) is 29.8 Å². The fourth-order valence-corrected chi connectivity index (χ4v) is 4.14. The van der Waals surface area contributed by atoms with Gasteiger partial charge in [-0.2, -0.15) is 0 Å². The van der Waals surface area contributed by atoms with Crippen LogP contribution in [0.25, 0.3) is 0 Å². The number of benzene rings is 1. The zero-order valence-electron chi connectivity index (χ0n) is 12.1. The Morgan fingerprint density at radius 2 is 1.89 bits per heavy atom. The van der Waals surface area contributed by atoms with E-state index in [4.69, 9.17) is 4.74 Å². The van der Waals surface area contributed by atoms with Crippen LogP contribution in [0.15, 0.2) is 24.3 Å². The molecule has 4 rings (SSSR count). The van der Waals surface area contributed by atoms with Crippen molar-refractivity contribution in [1.82, 2.24) is 0 Å². The van der Waals surface area contributed by atoms with E-state index in [-0.39, 0.29) is 6.10 Å². The van der Waals surface area contributed by atoms with Crippen LogP contribution in [0, 0.1) is 23.2 Å². The summed E-state index contributed by atoms with van der Waals surface area (Å²) in [4.78, 5) is 0. The van der Waals surface area contributed by atoms with Gasteiger partial charge in [0.1, 0.15) is 5.75 Å². The minimum atomic E-state index is -0.123. The van der Waals surface area contributed by atoms with Crippen molar-refractivity contribution in [3.8, 4) is 5.75 Å². The van der Waals surface area contributed by atoms with E-state index in [2.05, 4.69) is 26.0 Å².